The summed E-state index contributed by atoms with van der Waals surface area (Å²) in [5.41, 5.74) is -5.02. The molecule has 1 rings (SSSR count). The first-order valence-electron chi connectivity index (χ1n) is 4.81. The molecule has 7 nitrogen and oxygen atoms in total. The highest BCUT2D eigenvalue weighted by Crippen LogP contribution is 2.20. The number of carbonyl (C=O) groups is 1. The van der Waals surface area contributed by atoms with Gasteiger partial charge in [0.1, 0.15) is 5.75 Å². The second-order valence-electron chi connectivity index (χ2n) is 3.11. The van der Waals surface area contributed by atoms with Crippen molar-refractivity contribution in [2.24, 2.45) is 0 Å². The molecule has 0 saturated heterocycles. The highest BCUT2D eigenvalue weighted by molar-refractivity contribution is 7.86. The van der Waals surface area contributed by atoms with Gasteiger partial charge in [0, 0.05) is 0 Å². The lowest BCUT2D eigenvalue weighted by molar-refractivity contribution is -0.0510. The zero-order valence-electron chi connectivity index (χ0n) is 10.3. The predicted octanol–water partition coefficient (Wildman–Crippen LogP) is 2.10. The summed E-state index contributed by atoms with van der Waals surface area (Å²) in [5, 5.41) is 8.47. The van der Waals surface area contributed by atoms with Crippen molar-refractivity contribution < 1.29 is 40.4 Å². The maximum Gasteiger partial charge on any atom is 0.522 e. The summed E-state index contributed by atoms with van der Waals surface area (Å²) in [6.45, 7) is 0. The summed E-state index contributed by atoms with van der Waals surface area (Å²) in [6, 6.07) is 8.10. The molecule has 0 aliphatic heterocycles. The Kier molecular flexibility index (Phi) is 6.64. The lowest BCUT2D eigenvalue weighted by Gasteiger charge is -2.00. The fourth-order valence-corrected chi connectivity index (χ4v) is 0.735. The minimum Gasteiger partial charge on any atom is -0.437 e. The number of hydrogen-bond acceptors (Lipinski definition) is 6. The molecule has 11 heteroatoms. The number of nitrogens with zero attached hydrogens (tertiary/aromatic N) is 1. The minimum absolute atomic E-state index is 0.353. The molecule has 0 atom stereocenters. The van der Waals surface area contributed by atoms with Crippen molar-refractivity contribution in [2.75, 3.05) is 7.11 Å². The molecule has 0 saturated carbocycles. The van der Waals surface area contributed by atoms with Gasteiger partial charge in [-0.15, -0.1) is 0 Å². The Hall–Kier alpha value is -2.32. The summed E-state index contributed by atoms with van der Waals surface area (Å²) in [7, 11) is -4.61. The van der Waals surface area contributed by atoms with Crippen molar-refractivity contribution in [3.63, 3.8) is 0 Å². The third kappa shape index (κ3) is 7.14. The quantitative estimate of drug-likeness (QED) is 0.363. The Balaban J connectivity index is 0.000000433. The molecule has 0 bridgehead atoms. The van der Waals surface area contributed by atoms with E-state index >= 15 is 0 Å². The van der Waals surface area contributed by atoms with Crippen molar-refractivity contribution in [1.82, 2.24) is 0 Å². The highest BCUT2D eigenvalue weighted by Gasteiger charge is 2.44. The number of alkyl halides is 3. The number of benzene rings is 1. The molecule has 0 aromatic heterocycles. The topological polar surface area (TPSA) is 114 Å². The van der Waals surface area contributed by atoms with Crippen LogP contribution in [0.3, 0.4) is 0 Å². The Morgan fingerprint density at radius 1 is 1.29 bits per heavy atom. The average molecular weight is 327 g/mol. The molecule has 1 N–H and O–H groups in total. The fraction of sp³-hybridized carbons (Fsp3) is 0.200. The summed E-state index contributed by atoms with van der Waals surface area (Å²) in [6.07, 6.45) is -0.773. The van der Waals surface area contributed by atoms with Crippen molar-refractivity contribution in [3.05, 3.63) is 29.8 Å². The van der Waals surface area contributed by atoms with Crippen LogP contribution in [0.25, 0.3) is 0 Å². The SMILES string of the molecule is COC(=O)Oc1ccc(C#N)cc1.O=S(=O)(O)C(F)(F)F. The van der Waals surface area contributed by atoms with Gasteiger partial charge in [0.15, 0.2) is 0 Å². The monoisotopic (exact) mass is 327 g/mol. The molecule has 0 amide bonds. The Bertz CT molecular complexity index is 618. The Morgan fingerprint density at radius 2 is 1.71 bits per heavy atom. The van der Waals surface area contributed by atoms with E-state index in [1.807, 2.05) is 6.07 Å². The summed E-state index contributed by atoms with van der Waals surface area (Å²) in [5.74, 6) is 0.353. The van der Waals surface area contributed by atoms with Gasteiger partial charge in [-0.05, 0) is 24.3 Å². The third-order valence-corrected chi connectivity index (χ3v) is 2.23. The maximum atomic E-state index is 10.7. The fourth-order valence-electron chi connectivity index (χ4n) is 0.735. The summed E-state index contributed by atoms with van der Waals surface area (Å²) in [4.78, 5) is 10.6. The highest BCUT2D eigenvalue weighted by atomic mass is 32.2. The van der Waals surface area contributed by atoms with Crippen LogP contribution >= 0.6 is 0 Å². The van der Waals surface area contributed by atoms with Crippen molar-refractivity contribution in [2.45, 2.75) is 5.51 Å². The van der Waals surface area contributed by atoms with Gasteiger partial charge in [-0.25, -0.2) is 4.79 Å². The first-order valence-corrected chi connectivity index (χ1v) is 6.25. The van der Waals surface area contributed by atoms with E-state index in [0.717, 1.165) is 0 Å². The molecule has 0 unspecified atom stereocenters. The largest absolute Gasteiger partial charge is 0.522 e. The van der Waals surface area contributed by atoms with Gasteiger partial charge in [-0.1, -0.05) is 0 Å². The van der Waals surface area contributed by atoms with Crippen LogP contribution in [0.5, 0.6) is 5.75 Å². The van der Waals surface area contributed by atoms with Crippen molar-refractivity contribution in [1.29, 1.82) is 5.26 Å². The van der Waals surface area contributed by atoms with E-state index in [1.165, 1.54) is 19.2 Å². The van der Waals surface area contributed by atoms with Gasteiger partial charge < -0.3 is 9.47 Å². The van der Waals surface area contributed by atoms with Crippen LogP contribution in [-0.2, 0) is 14.9 Å². The van der Waals surface area contributed by atoms with Crippen LogP contribution in [0.2, 0.25) is 0 Å². The van der Waals surface area contributed by atoms with E-state index in [4.69, 9.17) is 23.0 Å². The van der Waals surface area contributed by atoms with Crippen LogP contribution in [-0.4, -0.2) is 31.7 Å². The molecular weight excluding hydrogens is 319 g/mol. The van der Waals surface area contributed by atoms with Gasteiger partial charge in [-0.3, -0.25) is 4.55 Å². The van der Waals surface area contributed by atoms with Crippen molar-refractivity contribution >= 4 is 16.3 Å². The second-order valence-corrected chi connectivity index (χ2v) is 4.53. The van der Waals surface area contributed by atoms with Crippen LogP contribution in [0, 0.1) is 11.3 Å². The van der Waals surface area contributed by atoms with Crippen LogP contribution in [0.1, 0.15) is 5.56 Å². The number of ether oxygens (including phenoxy) is 2. The molecule has 0 aliphatic rings. The molecule has 116 valence electrons. The summed E-state index contributed by atoms with van der Waals surface area (Å²) < 4.78 is 66.5. The van der Waals surface area contributed by atoms with Gasteiger partial charge in [0.25, 0.3) is 0 Å². The van der Waals surface area contributed by atoms with Crippen LogP contribution in [0.15, 0.2) is 24.3 Å². The average Bonchev–Trinajstić information content (AvgIpc) is 2.38. The molecule has 0 heterocycles. The number of carbonyl (C=O) groups excluding carboxylic acids is 1. The Labute approximate surface area is 117 Å². The molecule has 0 spiro atoms. The van der Waals surface area contributed by atoms with E-state index < -0.39 is 21.8 Å². The normalized spacial score (nSPS) is 10.7. The smallest absolute Gasteiger partial charge is 0.437 e. The molecule has 0 radical (unpaired) electrons. The van der Waals surface area contributed by atoms with E-state index in [-0.39, 0.29) is 0 Å². The maximum absolute atomic E-state index is 10.7. The zero-order valence-corrected chi connectivity index (χ0v) is 11.1. The number of methoxy groups -OCH3 is 1. The number of rotatable bonds is 1. The van der Waals surface area contributed by atoms with Crippen LogP contribution < -0.4 is 4.74 Å². The van der Waals surface area contributed by atoms with E-state index in [0.29, 0.717) is 11.3 Å². The number of halogens is 3. The summed E-state index contributed by atoms with van der Waals surface area (Å²) >= 11 is 0. The lowest BCUT2D eigenvalue weighted by Crippen LogP contribution is -2.21. The first-order chi connectivity index (χ1) is 9.51. The molecule has 21 heavy (non-hydrogen) atoms. The molecule has 1 aromatic carbocycles. The Morgan fingerprint density at radius 3 is 2.00 bits per heavy atom. The van der Waals surface area contributed by atoms with Gasteiger partial charge >= 0.3 is 21.8 Å². The van der Waals surface area contributed by atoms with Gasteiger partial charge in [0.05, 0.1) is 18.7 Å². The van der Waals surface area contributed by atoms with Crippen LogP contribution in [0.4, 0.5) is 18.0 Å². The van der Waals surface area contributed by atoms with E-state index in [9.17, 15) is 18.0 Å². The number of hydrogen-bond donors (Lipinski definition) is 1. The molecule has 1 aromatic rings. The zero-order chi connectivity index (χ0) is 16.7. The van der Waals surface area contributed by atoms with E-state index in [1.54, 1.807) is 12.1 Å². The standard InChI is InChI=1S/C9H7NO3.CHF3O3S/c1-12-9(11)13-8-4-2-7(6-10)3-5-8;2-1(3,4)8(5,6)7/h2-5H,1H3;(H,5,6,7). The first kappa shape index (κ1) is 18.7. The van der Waals surface area contributed by atoms with Gasteiger partial charge in [0.2, 0.25) is 0 Å². The molecular formula is C10H8F3NO6S. The lowest BCUT2D eigenvalue weighted by atomic mass is 10.2. The third-order valence-electron chi connectivity index (χ3n) is 1.64. The molecule has 0 aliphatic carbocycles. The second kappa shape index (κ2) is 7.46. The van der Waals surface area contributed by atoms with Gasteiger partial charge in [-0.2, -0.15) is 26.9 Å². The minimum atomic E-state index is -5.84. The predicted molar refractivity (Wildman–Crippen MR) is 61.8 cm³/mol. The van der Waals surface area contributed by atoms with Crippen molar-refractivity contribution in [3.8, 4) is 11.8 Å². The van der Waals surface area contributed by atoms with E-state index in [2.05, 4.69) is 4.74 Å². The number of nitriles is 1. The molecule has 0 fully saturated rings.